The van der Waals surface area contributed by atoms with Gasteiger partial charge in [0, 0.05) is 50.6 Å². The molecule has 2 saturated heterocycles. The van der Waals surface area contributed by atoms with Crippen molar-refractivity contribution in [2.45, 2.75) is 12.8 Å². The molecule has 4 rings (SSSR count). The number of aromatic nitrogens is 1. The Bertz CT molecular complexity index is 715. The van der Waals surface area contributed by atoms with Gasteiger partial charge >= 0.3 is 0 Å². The SMILES string of the molecule is CN1CCN(C(=O)C2CCN(c3snc4ccccc34)CC2)CC1. The van der Waals surface area contributed by atoms with Crippen LogP contribution in [-0.2, 0) is 4.79 Å². The highest BCUT2D eigenvalue weighted by Gasteiger charge is 2.30. The van der Waals surface area contributed by atoms with E-state index in [-0.39, 0.29) is 5.92 Å². The Morgan fingerprint density at radius 2 is 1.79 bits per heavy atom. The van der Waals surface area contributed by atoms with E-state index in [1.54, 1.807) is 11.5 Å². The van der Waals surface area contributed by atoms with Crippen LogP contribution in [-0.4, -0.2) is 66.4 Å². The summed E-state index contributed by atoms with van der Waals surface area (Å²) in [5, 5.41) is 2.50. The fraction of sp³-hybridized carbons (Fsp3) is 0.556. The molecule has 6 heteroatoms. The largest absolute Gasteiger partial charge is 0.362 e. The van der Waals surface area contributed by atoms with Gasteiger partial charge in [0.1, 0.15) is 5.00 Å². The van der Waals surface area contributed by atoms with Gasteiger partial charge < -0.3 is 14.7 Å². The predicted molar refractivity (Wildman–Crippen MR) is 98.6 cm³/mol. The zero-order valence-electron chi connectivity index (χ0n) is 14.1. The summed E-state index contributed by atoms with van der Waals surface area (Å²) in [7, 11) is 2.12. The molecule has 1 aromatic heterocycles. The number of anilines is 1. The summed E-state index contributed by atoms with van der Waals surface area (Å²) in [5.41, 5.74) is 1.08. The maximum atomic E-state index is 12.7. The maximum Gasteiger partial charge on any atom is 0.225 e. The molecule has 2 aliphatic heterocycles. The Balaban J connectivity index is 1.39. The molecule has 0 atom stereocenters. The summed E-state index contributed by atoms with van der Waals surface area (Å²) in [6.07, 6.45) is 1.91. The van der Waals surface area contributed by atoms with Gasteiger partial charge in [0.05, 0.1) is 5.52 Å². The normalized spacial score (nSPS) is 20.7. The highest BCUT2D eigenvalue weighted by Crippen LogP contribution is 2.34. The molecule has 24 heavy (non-hydrogen) atoms. The molecule has 2 aliphatic rings. The lowest BCUT2D eigenvalue weighted by atomic mass is 9.95. The van der Waals surface area contributed by atoms with Gasteiger partial charge in [0.15, 0.2) is 0 Å². The van der Waals surface area contributed by atoms with Crippen LogP contribution in [0.2, 0.25) is 0 Å². The molecule has 0 bridgehead atoms. The number of carbonyl (C=O) groups is 1. The molecule has 0 aliphatic carbocycles. The molecule has 0 N–H and O–H groups in total. The number of carbonyl (C=O) groups excluding carboxylic acids is 1. The van der Waals surface area contributed by atoms with Crippen molar-refractivity contribution in [1.82, 2.24) is 14.2 Å². The smallest absolute Gasteiger partial charge is 0.225 e. The Kier molecular flexibility index (Phi) is 4.41. The van der Waals surface area contributed by atoms with Gasteiger partial charge in [0.2, 0.25) is 5.91 Å². The van der Waals surface area contributed by atoms with Crippen LogP contribution in [0.4, 0.5) is 5.00 Å². The van der Waals surface area contributed by atoms with Crippen LogP contribution in [0.5, 0.6) is 0 Å². The first-order chi connectivity index (χ1) is 11.7. The van der Waals surface area contributed by atoms with Crippen molar-refractivity contribution in [3.8, 4) is 0 Å². The molecular formula is C18H24N4OS. The molecule has 2 fully saturated rings. The third-order valence-electron chi connectivity index (χ3n) is 5.31. The zero-order valence-corrected chi connectivity index (χ0v) is 15.0. The minimum absolute atomic E-state index is 0.198. The first-order valence-corrected chi connectivity index (χ1v) is 9.56. The summed E-state index contributed by atoms with van der Waals surface area (Å²) in [5.74, 6) is 0.570. The van der Waals surface area contributed by atoms with Gasteiger partial charge in [0.25, 0.3) is 0 Å². The van der Waals surface area contributed by atoms with Crippen LogP contribution in [0.3, 0.4) is 0 Å². The summed E-state index contributed by atoms with van der Waals surface area (Å²) < 4.78 is 4.55. The van der Waals surface area contributed by atoms with Crippen molar-refractivity contribution in [3.05, 3.63) is 24.3 Å². The number of rotatable bonds is 2. The number of fused-ring (bicyclic) bond motifs is 1. The van der Waals surface area contributed by atoms with E-state index >= 15 is 0 Å². The third kappa shape index (κ3) is 3.00. The minimum atomic E-state index is 0.198. The Morgan fingerprint density at radius 3 is 2.54 bits per heavy atom. The fourth-order valence-corrected chi connectivity index (χ4v) is 4.63. The Morgan fingerprint density at radius 1 is 1.08 bits per heavy atom. The second-order valence-electron chi connectivity index (χ2n) is 6.89. The highest BCUT2D eigenvalue weighted by atomic mass is 32.1. The van der Waals surface area contributed by atoms with Crippen LogP contribution in [0.15, 0.2) is 24.3 Å². The molecule has 128 valence electrons. The molecule has 0 saturated carbocycles. The zero-order chi connectivity index (χ0) is 16.5. The lowest BCUT2D eigenvalue weighted by molar-refractivity contribution is -0.137. The topological polar surface area (TPSA) is 39.7 Å². The molecule has 2 aromatic rings. The number of piperazine rings is 1. The van der Waals surface area contributed by atoms with E-state index in [2.05, 4.69) is 44.3 Å². The van der Waals surface area contributed by atoms with Crippen molar-refractivity contribution in [2.24, 2.45) is 5.92 Å². The number of piperidine rings is 1. The molecule has 3 heterocycles. The second-order valence-corrected chi connectivity index (χ2v) is 7.65. The summed E-state index contributed by atoms with van der Waals surface area (Å²) in [4.78, 5) is 19.5. The van der Waals surface area contributed by atoms with Crippen LogP contribution in [0.1, 0.15) is 12.8 Å². The standard InChI is InChI=1S/C18H24N4OS/c1-20-10-12-21(13-11-20)17(23)14-6-8-22(9-7-14)18-15-4-2-3-5-16(15)19-24-18/h2-5,14H,6-13H2,1H3. The predicted octanol–water partition coefficient (Wildman–Crippen LogP) is 2.29. The first kappa shape index (κ1) is 15.8. The minimum Gasteiger partial charge on any atom is -0.362 e. The van der Waals surface area contributed by atoms with Crippen molar-refractivity contribution in [2.75, 3.05) is 51.2 Å². The van der Waals surface area contributed by atoms with Gasteiger partial charge in [-0.1, -0.05) is 12.1 Å². The highest BCUT2D eigenvalue weighted by molar-refractivity contribution is 7.11. The van der Waals surface area contributed by atoms with Gasteiger partial charge in [-0.2, -0.15) is 4.37 Å². The molecule has 1 amide bonds. The average Bonchev–Trinajstić information content (AvgIpc) is 3.06. The number of benzene rings is 1. The fourth-order valence-electron chi connectivity index (χ4n) is 3.72. The number of hydrogen-bond donors (Lipinski definition) is 0. The van der Waals surface area contributed by atoms with Gasteiger partial charge in [-0.25, -0.2) is 0 Å². The Labute approximate surface area is 147 Å². The molecule has 5 nitrogen and oxygen atoms in total. The van der Waals surface area contributed by atoms with E-state index in [9.17, 15) is 4.79 Å². The van der Waals surface area contributed by atoms with Crippen molar-refractivity contribution in [3.63, 3.8) is 0 Å². The van der Waals surface area contributed by atoms with Crippen molar-refractivity contribution in [1.29, 1.82) is 0 Å². The number of likely N-dealkylation sites (N-methyl/N-ethyl adjacent to an activating group) is 1. The summed E-state index contributed by atoms with van der Waals surface area (Å²) in [6, 6.07) is 8.32. The van der Waals surface area contributed by atoms with Crippen LogP contribution < -0.4 is 4.90 Å². The molecule has 0 unspecified atom stereocenters. The molecule has 0 spiro atoms. The molecule has 0 radical (unpaired) electrons. The Hall–Kier alpha value is -1.66. The van der Waals surface area contributed by atoms with Gasteiger partial charge in [-0.15, -0.1) is 0 Å². The molecular weight excluding hydrogens is 320 g/mol. The number of hydrogen-bond acceptors (Lipinski definition) is 5. The van der Waals surface area contributed by atoms with Gasteiger partial charge in [-0.3, -0.25) is 4.79 Å². The monoisotopic (exact) mass is 344 g/mol. The van der Waals surface area contributed by atoms with E-state index in [0.717, 1.165) is 57.6 Å². The quantitative estimate of drug-likeness (QED) is 0.838. The van der Waals surface area contributed by atoms with Crippen molar-refractivity contribution >= 4 is 33.3 Å². The lowest BCUT2D eigenvalue weighted by Crippen LogP contribution is -2.50. The van der Waals surface area contributed by atoms with Crippen LogP contribution in [0.25, 0.3) is 10.9 Å². The van der Waals surface area contributed by atoms with Gasteiger partial charge in [-0.05, 0) is 43.6 Å². The maximum absolute atomic E-state index is 12.7. The summed E-state index contributed by atoms with van der Waals surface area (Å²) in [6.45, 7) is 5.67. The number of amides is 1. The van der Waals surface area contributed by atoms with E-state index in [0.29, 0.717) is 5.91 Å². The van der Waals surface area contributed by atoms with Crippen LogP contribution >= 0.6 is 11.5 Å². The van der Waals surface area contributed by atoms with E-state index < -0.39 is 0 Å². The third-order valence-corrected chi connectivity index (χ3v) is 6.25. The lowest BCUT2D eigenvalue weighted by Gasteiger charge is -2.37. The molecule has 1 aromatic carbocycles. The van der Waals surface area contributed by atoms with E-state index in [4.69, 9.17) is 0 Å². The summed E-state index contributed by atoms with van der Waals surface area (Å²) >= 11 is 1.58. The van der Waals surface area contributed by atoms with Crippen LogP contribution in [0, 0.1) is 5.92 Å². The first-order valence-electron chi connectivity index (χ1n) is 8.79. The van der Waals surface area contributed by atoms with E-state index in [1.807, 2.05) is 6.07 Å². The second kappa shape index (κ2) is 6.69. The average molecular weight is 344 g/mol. The van der Waals surface area contributed by atoms with Crippen molar-refractivity contribution < 1.29 is 4.79 Å². The van der Waals surface area contributed by atoms with E-state index in [1.165, 1.54) is 10.4 Å². The number of nitrogens with zero attached hydrogens (tertiary/aromatic N) is 4.